The number of hydrogen-bond acceptors (Lipinski definition) is 17. The number of carbonyl (C=O) groups excluding carboxylic acids is 1. The molecule has 9 N–H and O–H groups in total. The lowest BCUT2D eigenvalue weighted by molar-refractivity contribution is -0.124. The fourth-order valence-corrected chi connectivity index (χ4v) is 7.04. The summed E-state index contributed by atoms with van der Waals surface area (Å²) in [6.45, 7) is -1.51. The molecule has 2 saturated heterocycles. The van der Waals surface area contributed by atoms with Gasteiger partial charge in [-0.2, -0.15) is 4.98 Å². The van der Waals surface area contributed by atoms with E-state index in [1.54, 1.807) is 43.3 Å². The van der Waals surface area contributed by atoms with E-state index in [0.29, 0.717) is 17.0 Å². The Morgan fingerprint density at radius 2 is 1.79 bits per heavy atom. The number of ether oxygens (including phenoxy) is 2. The number of imidazole rings is 1. The van der Waals surface area contributed by atoms with E-state index in [2.05, 4.69) is 25.3 Å². The zero-order chi connectivity index (χ0) is 37.3. The normalized spacial score (nSPS) is 27.8. The Morgan fingerprint density at radius 1 is 1.08 bits per heavy atom. The molecule has 1 aromatic carbocycles. The van der Waals surface area contributed by atoms with Gasteiger partial charge in [-0.05, 0) is 18.1 Å². The number of carbonyl (C=O) groups is 1. The van der Waals surface area contributed by atoms with Gasteiger partial charge >= 0.3 is 13.5 Å². The van der Waals surface area contributed by atoms with Crippen LogP contribution in [-0.4, -0.2) is 125 Å². The molecule has 3 aromatic heterocycles. The molecule has 2 aliphatic rings. The molecular formula is C30H39N10O11P. The number of aliphatic hydroxyl groups is 3. The fourth-order valence-electron chi connectivity index (χ4n) is 6.08. The standard InChI is InChI=1S/C30H39N10O11P/c1-38(2)25-21-26(34-13-33-25)40(14-35-21)28-22(42)20(37-27(44)16(31)10-15-6-4-3-5-7-15)18(50-28)12-48-52(46,47)51-24-17(11-41)49-29(23(24)43)39-9-8-19(32)36-30(39)45/h3-9,13-14,16-18,20,22-24,28-29,41-43H,10-12,31H2,1-2H3,(H,37,44)(H,46,47)(H2,32,36,45)/t16-,17+,18+,20+,22+,23+,24+,28+,29+/m0/s1/i31+1. The van der Waals surface area contributed by atoms with Crippen LogP contribution in [0, 0.1) is 0 Å². The number of amides is 1. The van der Waals surface area contributed by atoms with Crippen LogP contribution in [0.1, 0.15) is 18.0 Å². The van der Waals surface area contributed by atoms with Crippen molar-refractivity contribution < 1.29 is 48.1 Å². The smallest absolute Gasteiger partial charge is 0.394 e. The third-order valence-electron chi connectivity index (χ3n) is 8.63. The van der Waals surface area contributed by atoms with Gasteiger partial charge in [-0.25, -0.2) is 24.3 Å². The highest BCUT2D eigenvalue weighted by atomic mass is 31.2. The highest BCUT2D eigenvalue weighted by Crippen LogP contribution is 2.49. The lowest BCUT2D eigenvalue weighted by atomic mass is 10.0. The predicted molar refractivity (Wildman–Crippen MR) is 180 cm³/mol. The number of fused-ring (bicyclic) bond motifs is 1. The van der Waals surface area contributed by atoms with Crippen LogP contribution in [0.3, 0.4) is 0 Å². The van der Waals surface area contributed by atoms with Crippen LogP contribution in [0.2, 0.25) is 0 Å². The summed E-state index contributed by atoms with van der Waals surface area (Å²) in [6.07, 6.45) is -6.18. The number of nitrogen functional groups attached to an aromatic ring is 1. The molecule has 21 nitrogen and oxygen atoms in total. The van der Waals surface area contributed by atoms with E-state index in [1.165, 1.54) is 29.5 Å². The molecule has 0 saturated carbocycles. The third kappa shape index (κ3) is 7.69. The van der Waals surface area contributed by atoms with Crippen molar-refractivity contribution in [3.63, 3.8) is 0 Å². The maximum Gasteiger partial charge on any atom is 0.472 e. The van der Waals surface area contributed by atoms with Crippen molar-refractivity contribution in [2.45, 2.75) is 61.5 Å². The molecule has 5 heterocycles. The molecule has 22 heteroatoms. The monoisotopic (exact) mass is 747 g/mol. The summed E-state index contributed by atoms with van der Waals surface area (Å²) in [7, 11) is -1.59. The Bertz CT molecular complexity index is 1980. The zero-order valence-electron chi connectivity index (χ0n) is 27.9. The number of aromatic nitrogens is 6. The summed E-state index contributed by atoms with van der Waals surface area (Å²) in [5.74, 6) is -0.241. The van der Waals surface area contributed by atoms with Crippen molar-refractivity contribution >= 4 is 36.5 Å². The third-order valence-corrected chi connectivity index (χ3v) is 9.61. The molecule has 0 bridgehead atoms. The largest absolute Gasteiger partial charge is 0.472 e. The van der Waals surface area contributed by atoms with Crippen LogP contribution in [0.4, 0.5) is 11.6 Å². The van der Waals surface area contributed by atoms with Gasteiger partial charge in [-0.1, -0.05) is 30.3 Å². The van der Waals surface area contributed by atoms with Gasteiger partial charge in [0.15, 0.2) is 29.4 Å². The first-order chi connectivity index (χ1) is 24.8. The molecule has 280 valence electrons. The molecule has 0 spiro atoms. The van der Waals surface area contributed by atoms with E-state index in [-0.39, 0.29) is 12.2 Å². The first-order valence-corrected chi connectivity index (χ1v) is 17.5. The summed E-state index contributed by atoms with van der Waals surface area (Å²) >= 11 is 0. The number of aliphatic hydroxyl groups excluding tert-OH is 3. The molecule has 2 aliphatic heterocycles. The van der Waals surface area contributed by atoms with Gasteiger partial charge in [0.1, 0.15) is 42.7 Å². The number of benzene rings is 1. The molecule has 52 heavy (non-hydrogen) atoms. The molecule has 4 aromatic rings. The predicted octanol–water partition coefficient (Wildman–Crippen LogP) is -2.20. The minimum atomic E-state index is -5.12. The topological polar surface area (TPSA) is 298 Å². The molecule has 6 rings (SSSR count). The number of nitrogens with one attached hydrogen (secondary N) is 1. The Kier molecular flexibility index (Phi) is 11.0. The van der Waals surface area contributed by atoms with Crippen molar-refractivity contribution in [1.82, 2.24) is 34.4 Å². The molecule has 1 unspecified atom stereocenters. The molecular weight excluding hydrogens is 708 g/mol. The molecule has 0 aliphatic carbocycles. The summed E-state index contributed by atoms with van der Waals surface area (Å²) in [5.41, 5.74) is 12.3. The van der Waals surface area contributed by atoms with E-state index < -0.39 is 87.7 Å². The summed E-state index contributed by atoms with van der Waals surface area (Å²) in [4.78, 5) is 54.7. The maximum atomic E-state index is 13.3. The number of phosphoric acid groups is 1. The quantitative estimate of drug-likeness (QED) is 0.0564. The first kappa shape index (κ1) is 37.4. The number of nitrogens with zero attached hydrogens (tertiary/aromatic N) is 7. The van der Waals surface area contributed by atoms with E-state index >= 15 is 0 Å². The average Bonchev–Trinajstić information content (AvgIpc) is 3.77. The minimum absolute atomic E-state index is 0.0875. The Morgan fingerprint density at radius 3 is 2.48 bits per heavy atom. The van der Waals surface area contributed by atoms with Crippen LogP contribution >= 0.6 is 7.82 Å². The second-order valence-electron chi connectivity index (χ2n) is 12.4. The number of hydrogen-bond donors (Lipinski definition) is 7. The summed E-state index contributed by atoms with van der Waals surface area (Å²) in [6, 6.07) is 8.03. The second-order valence-corrected chi connectivity index (χ2v) is 13.8. The Hall–Kier alpha value is -4.41. The van der Waals surface area contributed by atoms with Gasteiger partial charge in [0, 0.05) is 20.3 Å². The molecule has 1 amide bonds. The van der Waals surface area contributed by atoms with E-state index in [9.17, 15) is 34.4 Å². The Balaban J connectivity index is 1.21. The highest BCUT2D eigenvalue weighted by Gasteiger charge is 2.51. The average molecular weight is 748 g/mol. The van der Waals surface area contributed by atoms with Crippen molar-refractivity contribution in [2.75, 3.05) is 37.9 Å². The van der Waals surface area contributed by atoms with Crippen molar-refractivity contribution in [3.05, 3.63) is 71.3 Å². The van der Waals surface area contributed by atoms with E-state index in [1.807, 2.05) is 6.07 Å². The van der Waals surface area contributed by atoms with Gasteiger partial charge in [0.25, 0.3) is 0 Å². The lowest BCUT2D eigenvalue weighted by Gasteiger charge is -2.25. The van der Waals surface area contributed by atoms with Crippen LogP contribution < -0.4 is 27.4 Å². The van der Waals surface area contributed by atoms with Crippen LogP contribution in [-0.2, 0) is 34.3 Å². The molecule has 0 radical (unpaired) electrons. The zero-order valence-corrected chi connectivity index (χ0v) is 28.8. The summed E-state index contributed by atoms with van der Waals surface area (Å²) in [5, 5.41) is 35.1. The van der Waals surface area contributed by atoms with Gasteiger partial charge in [0.05, 0.1) is 31.6 Å². The fraction of sp³-hybridized carbons (Fsp3) is 0.467. The van der Waals surface area contributed by atoms with E-state index in [4.69, 9.17) is 30.0 Å². The van der Waals surface area contributed by atoms with Crippen molar-refractivity contribution in [1.29, 1.82) is 0 Å². The Labute approximate surface area is 295 Å². The van der Waals surface area contributed by atoms with Crippen LogP contribution in [0.5, 0.6) is 0 Å². The number of phosphoric ester groups is 1. The maximum absolute atomic E-state index is 13.3. The summed E-state index contributed by atoms with van der Waals surface area (Å²) < 4.78 is 37.8. The SMILES string of the molecule is CN(C)c1ncnc2c1ncn2[C@@H]1O[C@H](COP(=O)(O)O[C@H]2[C@@H](O)[C@H](n3ccc(N)nc3=O)O[C@@H]2CO)[C@@H](NC(=O)[C@@H]([15NH2])Cc2ccccc2)[C@H]1O. The first-order valence-electron chi connectivity index (χ1n) is 16.0. The van der Waals surface area contributed by atoms with Crippen molar-refractivity contribution in [3.8, 4) is 0 Å². The number of anilines is 2. The van der Waals surface area contributed by atoms with Gasteiger partial charge in [-0.15, -0.1) is 0 Å². The van der Waals surface area contributed by atoms with Gasteiger partial charge < -0.3 is 51.4 Å². The molecule has 10 atom stereocenters. The van der Waals surface area contributed by atoms with Crippen LogP contribution in [0.25, 0.3) is 11.2 Å². The van der Waals surface area contributed by atoms with E-state index in [0.717, 1.165) is 10.1 Å². The van der Waals surface area contributed by atoms with Gasteiger partial charge in [-0.3, -0.25) is 23.0 Å². The van der Waals surface area contributed by atoms with Crippen LogP contribution in [0.15, 0.2) is 60.0 Å². The lowest BCUT2D eigenvalue weighted by Crippen LogP contribution is -2.53. The minimum Gasteiger partial charge on any atom is -0.394 e. The highest BCUT2D eigenvalue weighted by molar-refractivity contribution is 7.47. The molecule has 2 fully saturated rings. The van der Waals surface area contributed by atoms with Crippen molar-refractivity contribution in [2.24, 2.45) is 5.73 Å². The number of rotatable bonds is 13. The number of nitrogens with two attached hydrogens (primary N) is 2. The van der Waals surface area contributed by atoms with Gasteiger partial charge in [0.2, 0.25) is 5.91 Å². The second kappa shape index (κ2) is 15.3.